The van der Waals surface area contributed by atoms with E-state index in [0.717, 1.165) is 29.4 Å². The molecule has 0 fully saturated rings. The van der Waals surface area contributed by atoms with E-state index in [1.165, 1.54) is 23.5 Å². The lowest BCUT2D eigenvalue weighted by atomic mass is 10.2. The summed E-state index contributed by atoms with van der Waals surface area (Å²) in [4.78, 5) is 4.46. The van der Waals surface area contributed by atoms with Gasteiger partial charge >= 0.3 is 0 Å². The number of benzene rings is 1. The van der Waals surface area contributed by atoms with Gasteiger partial charge in [0.15, 0.2) is 0 Å². The number of rotatable bonds is 4. The number of halogens is 2. The number of nitrogens with zero attached hydrogens (tertiary/aromatic N) is 1. The summed E-state index contributed by atoms with van der Waals surface area (Å²) in [5.74, 6) is -0.330. The highest BCUT2D eigenvalue weighted by Gasteiger charge is 2.09. The molecule has 0 bridgehead atoms. The Kier molecular flexibility index (Phi) is 4.10. The molecule has 0 aliphatic heterocycles. The van der Waals surface area contributed by atoms with Gasteiger partial charge in [-0.15, -0.1) is 11.3 Å². The molecule has 5 heteroatoms. The molecule has 2 aromatic rings. The minimum atomic E-state index is -0.330. The first-order valence-corrected chi connectivity index (χ1v) is 6.57. The number of hydrogen-bond acceptors (Lipinski definition) is 3. The van der Waals surface area contributed by atoms with E-state index in [1.54, 1.807) is 6.07 Å². The quantitative estimate of drug-likeness (QED) is 0.916. The van der Waals surface area contributed by atoms with Crippen LogP contribution in [0, 0.1) is 5.82 Å². The Morgan fingerprint density at radius 3 is 3.00 bits per heavy atom. The number of aromatic nitrogens is 1. The molecule has 17 heavy (non-hydrogen) atoms. The molecule has 2 nitrogen and oxygen atoms in total. The molecule has 1 N–H and O–H groups in total. The highest BCUT2D eigenvalue weighted by molar-refractivity contribution is 7.13. The summed E-state index contributed by atoms with van der Waals surface area (Å²) in [6, 6.07) is 4.36. The fourth-order valence-electron chi connectivity index (χ4n) is 1.43. The first-order chi connectivity index (χ1) is 8.20. The Morgan fingerprint density at radius 1 is 1.47 bits per heavy atom. The van der Waals surface area contributed by atoms with E-state index in [1.807, 2.05) is 12.3 Å². The van der Waals surface area contributed by atoms with Crippen molar-refractivity contribution in [3.8, 4) is 10.6 Å². The Hall–Kier alpha value is -0.970. The number of thiazole rings is 1. The van der Waals surface area contributed by atoms with E-state index < -0.39 is 0 Å². The molecular formula is C12H12ClFN2S. The van der Waals surface area contributed by atoms with Crippen molar-refractivity contribution in [2.24, 2.45) is 0 Å². The second kappa shape index (κ2) is 5.58. The van der Waals surface area contributed by atoms with Gasteiger partial charge in [0.1, 0.15) is 10.8 Å². The lowest BCUT2D eigenvalue weighted by Crippen LogP contribution is -2.11. The summed E-state index contributed by atoms with van der Waals surface area (Å²) < 4.78 is 12.9. The zero-order valence-electron chi connectivity index (χ0n) is 9.34. The van der Waals surface area contributed by atoms with Gasteiger partial charge in [0.2, 0.25) is 0 Å². The molecule has 0 aliphatic rings. The minimum Gasteiger partial charge on any atom is -0.311 e. The highest BCUT2D eigenvalue weighted by Crippen LogP contribution is 2.30. The highest BCUT2D eigenvalue weighted by atomic mass is 35.5. The van der Waals surface area contributed by atoms with Crippen LogP contribution in [0.2, 0.25) is 5.02 Å². The van der Waals surface area contributed by atoms with Crippen LogP contribution in [0.5, 0.6) is 0 Å². The third-order valence-electron chi connectivity index (χ3n) is 2.27. The Labute approximate surface area is 108 Å². The summed E-state index contributed by atoms with van der Waals surface area (Å²) in [5.41, 5.74) is 1.76. The normalized spacial score (nSPS) is 10.8. The summed E-state index contributed by atoms with van der Waals surface area (Å²) in [5, 5.41) is 6.41. The molecule has 0 saturated heterocycles. The van der Waals surface area contributed by atoms with Crippen molar-refractivity contribution in [3.05, 3.63) is 40.1 Å². The first-order valence-electron chi connectivity index (χ1n) is 5.31. The summed E-state index contributed by atoms with van der Waals surface area (Å²) in [6.07, 6.45) is 0. The Bertz CT molecular complexity index is 513. The predicted molar refractivity (Wildman–Crippen MR) is 69.9 cm³/mol. The van der Waals surface area contributed by atoms with Gasteiger partial charge < -0.3 is 5.32 Å². The zero-order chi connectivity index (χ0) is 12.3. The van der Waals surface area contributed by atoms with Crippen LogP contribution in [0.25, 0.3) is 10.6 Å². The van der Waals surface area contributed by atoms with E-state index in [2.05, 4.69) is 10.3 Å². The van der Waals surface area contributed by atoms with Gasteiger partial charge in [-0.25, -0.2) is 9.37 Å². The molecule has 0 saturated carbocycles. The molecule has 0 spiro atoms. The summed E-state index contributed by atoms with van der Waals surface area (Å²) >= 11 is 7.50. The second-order valence-electron chi connectivity index (χ2n) is 3.55. The van der Waals surface area contributed by atoms with Crippen molar-refractivity contribution < 1.29 is 4.39 Å². The van der Waals surface area contributed by atoms with Crippen molar-refractivity contribution in [1.82, 2.24) is 10.3 Å². The largest absolute Gasteiger partial charge is 0.311 e. The average molecular weight is 271 g/mol. The second-order valence-corrected chi connectivity index (χ2v) is 4.81. The van der Waals surface area contributed by atoms with Crippen LogP contribution in [0.4, 0.5) is 4.39 Å². The van der Waals surface area contributed by atoms with Crippen molar-refractivity contribution in [1.29, 1.82) is 0 Å². The van der Waals surface area contributed by atoms with E-state index in [4.69, 9.17) is 11.6 Å². The molecule has 1 heterocycles. The maximum Gasteiger partial charge on any atom is 0.125 e. The van der Waals surface area contributed by atoms with Crippen molar-refractivity contribution in [2.75, 3.05) is 6.54 Å². The van der Waals surface area contributed by atoms with Crippen LogP contribution >= 0.6 is 22.9 Å². The van der Waals surface area contributed by atoms with Crippen LogP contribution in [-0.4, -0.2) is 11.5 Å². The molecule has 0 aliphatic carbocycles. The third kappa shape index (κ3) is 3.03. The third-order valence-corrected chi connectivity index (χ3v) is 3.51. The van der Waals surface area contributed by atoms with E-state index in [-0.39, 0.29) is 5.82 Å². The van der Waals surface area contributed by atoms with E-state index in [9.17, 15) is 4.39 Å². The van der Waals surface area contributed by atoms with Crippen LogP contribution < -0.4 is 5.32 Å². The molecule has 90 valence electrons. The van der Waals surface area contributed by atoms with Gasteiger partial charge in [-0.1, -0.05) is 18.5 Å². The molecule has 1 aromatic carbocycles. The fraction of sp³-hybridized carbons (Fsp3) is 0.250. The summed E-state index contributed by atoms with van der Waals surface area (Å²) in [7, 11) is 0. The Balaban J connectivity index is 2.24. The lowest BCUT2D eigenvalue weighted by Gasteiger charge is -2.00. The molecule has 1 aromatic heterocycles. The van der Waals surface area contributed by atoms with Gasteiger partial charge in [-0.2, -0.15) is 0 Å². The topological polar surface area (TPSA) is 24.9 Å². The molecular weight excluding hydrogens is 259 g/mol. The van der Waals surface area contributed by atoms with Crippen LogP contribution in [0.3, 0.4) is 0 Å². The van der Waals surface area contributed by atoms with Crippen LogP contribution in [0.1, 0.15) is 12.6 Å². The maximum absolute atomic E-state index is 12.9. The molecule has 0 atom stereocenters. The van der Waals surface area contributed by atoms with Crippen molar-refractivity contribution >= 4 is 22.9 Å². The average Bonchev–Trinajstić information content (AvgIpc) is 2.75. The van der Waals surface area contributed by atoms with Gasteiger partial charge in [0, 0.05) is 17.5 Å². The monoisotopic (exact) mass is 270 g/mol. The number of nitrogens with one attached hydrogen (secondary N) is 1. The van der Waals surface area contributed by atoms with Crippen molar-refractivity contribution in [3.63, 3.8) is 0 Å². The summed E-state index contributed by atoms with van der Waals surface area (Å²) in [6.45, 7) is 3.69. The van der Waals surface area contributed by atoms with Gasteiger partial charge in [0.25, 0.3) is 0 Å². The molecule has 0 unspecified atom stereocenters. The standard InChI is InChI=1S/C12H12ClFN2S/c1-2-15-6-9-7-17-12(16-9)10-4-3-8(14)5-11(10)13/h3-5,7,15H,2,6H2,1H3. The predicted octanol–water partition coefficient (Wildman–Crippen LogP) is 3.71. The smallest absolute Gasteiger partial charge is 0.125 e. The lowest BCUT2D eigenvalue weighted by molar-refractivity contribution is 0.628. The van der Waals surface area contributed by atoms with Gasteiger partial charge in [0.05, 0.1) is 10.7 Å². The SMILES string of the molecule is CCNCc1csc(-c2ccc(F)cc2Cl)n1. The molecule has 0 radical (unpaired) electrons. The maximum atomic E-state index is 12.9. The van der Waals surface area contributed by atoms with Gasteiger partial charge in [-0.05, 0) is 24.7 Å². The molecule has 0 amide bonds. The number of hydrogen-bond donors (Lipinski definition) is 1. The van der Waals surface area contributed by atoms with E-state index >= 15 is 0 Å². The fourth-order valence-corrected chi connectivity index (χ4v) is 2.60. The minimum absolute atomic E-state index is 0.330. The van der Waals surface area contributed by atoms with Crippen molar-refractivity contribution in [2.45, 2.75) is 13.5 Å². The van der Waals surface area contributed by atoms with E-state index in [0.29, 0.717) is 5.02 Å². The van der Waals surface area contributed by atoms with Crippen LogP contribution in [-0.2, 0) is 6.54 Å². The zero-order valence-corrected chi connectivity index (χ0v) is 10.9. The Morgan fingerprint density at radius 2 is 2.29 bits per heavy atom. The molecule has 2 rings (SSSR count). The van der Waals surface area contributed by atoms with Crippen LogP contribution in [0.15, 0.2) is 23.6 Å². The van der Waals surface area contributed by atoms with Gasteiger partial charge in [-0.3, -0.25) is 0 Å². The first kappa shape index (κ1) is 12.5.